The average Bonchev–Trinajstić information content (AvgIpc) is 4.27. The number of aromatic nitrogens is 6. The summed E-state index contributed by atoms with van der Waals surface area (Å²) in [6.07, 6.45) is 17.0. The van der Waals surface area contributed by atoms with Crippen molar-refractivity contribution >= 4 is 58.2 Å². The lowest BCUT2D eigenvalue weighted by atomic mass is 10.0. The first-order chi connectivity index (χ1) is 34.0. The third-order valence-corrected chi connectivity index (χ3v) is 12.4. The maximum atomic E-state index is 12.9. The van der Waals surface area contributed by atoms with Gasteiger partial charge in [-0.15, -0.1) is 0 Å². The van der Waals surface area contributed by atoms with Gasteiger partial charge in [0.1, 0.15) is 11.5 Å². The minimum absolute atomic E-state index is 0.264. The van der Waals surface area contributed by atoms with E-state index in [-0.39, 0.29) is 18.4 Å². The van der Waals surface area contributed by atoms with Crippen molar-refractivity contribution in [1.29, 1.82) is 5.26 Å². The van der Waals surface area contributed by atoms with Crippen molar-refractivity contribution in [2.24, 2.45) is 0 Å². The second-order valence-electron chi connectivity index (χ2n) is 16.6. The van der Waals surface area contributed by atoms with Crippen LogP contribution in [0.15, 0.2) is 146 Å². The zero-order chi connectivity index (χ0) is 46.7. The molecule has 5 aromatic heterocycles. The van der Waals surface area contributed by atoms with Crippen LogP contribution in [-0.4, -0.2) is 66.4 Å². The summed E-state index contributed by atoms with van der Waals surface area (Å²) in [5, 5.41) is 8.99. The van der Waals surface area contributed by atoms with Crippen molar-refractivity contribution in [3.05, 3.63) is 180 Å². The van der Waals surface area contributed by atoms with Crippen LogP contribution in [0, 0.1) is 11.3 Å². The molecule has 12 heteroatoms. The Morgan fingerprint density at radius 2 is 0.855 bits per heavy atom. The van der Waals surface area contributed by atoms with Gasteiger partial charge in [0, 0.05) is 82.1 Å². The molecule has 334 valence electrons. The monoisotopic (exact) mass is 902 g/mol. The van der Waals surface area contributed by atoms with E-state index < -0.39 is 0 Å². The number of rotatable bonds is 13. The highest BCUT2D eigenvalue weighted by Crippen LogP contribution is 2.39. The number of hydrogen-bond acceptors (Lipinski definition) is 9. The Hall–Kier alpha value is -9.21. The van der Waals surface area contributed by atoms with Crippen molar-refractivity contribution in [3.8, 4) is 62.1 Å². The number of carbonyl (C=O) groups excluding carboxylic acids is 2. The van der Waals surface area contributed by atoms with Crippen molar-refractivity contribution in [2.75, 3.05) is 19.8 Å². The number of fused-ring (bicyclic) bond motifs is 9. The van der Waals surface area contributed by atoms with Crippen LogP contribution in [0.5, 0.6) is 11.5 Å². The summed E-state index contributed by atoms with van der Waals surface area (Å²) in [6, 6.07) is 41.3. The molecule has 8 aromatic rings. The molecule has 3 aromatic carbocycles. The topological polar surface area (TPSA) is 163 Å². The average molecular weight is 903 g/mol. The Bertz CT molecular complexity index is 3480. The number of imide groups is 1. The zero-order valence-electron chi connectivity index (χ0n) is 37.2. The standard InChI is InChI=1S/C57H42N8O4/c58-28-3-4-34-68-40-12-8-36(9-13-40)52-44-16-20-48(61-44)54(38-24-29-59-30-25-38)50-22-18-46(63-50)53(47-19-23-51(64-47)55(39-26-31-60-32-27-39)49-21-17-45(52)62-49)37-10-14-41(15-11-37)69-35-5-33-65-56(66)42-6-1-2-7-43(42)57(65)67/h1-2,6-27,29-32,61,64H,3-5,33-35H2. The molecule has 0 saturated heterocycles. The number of nitriles is 1. The molecule has 0 aliphatic carbocycles. The molecule has 2 amide bonds. The minimum atomic E-state index is -0.269. The fourth-order valence-corrected chi connectivity index (χ4v) is 9.09. The number of aromatic amines is 2. The molecule has 3 aliphatic rings. The first kappa shape index (κ1) is 42.4. The van der Waals surface area contributed by atoms with Crippen LogP contribution in [0.3, 0.4) is 0 Å². The normalized spacial score (nSPS) is 12.6. The van der Waals surface area contributed by atoms with E-state index in [1.54, 1.807) is 49.1 Å². The van der Waals surface area contributed by atoms with Gasteiger partial charge in [-0.2, -0.15) is 5.26 Å². The van der Waals surface area contributed by atoms with E-state index >= 15 is 0 Å². The maximum Gasteiger partial charge on any atom is 0.261 e. The second kappa shape index (κ2) is 18.6. The molecule has 0 atom stereocenters. The van der Waals surface area contributed by atoms with E-state index in [0.717, 1.165) is 95.1 Å². The van der Waals surface area contributed by atoms with Crippen molar-refractivity contribution in [1.82, 2.24) is 34.8 Å². The van der Waals surface area contributed by atoms with Crippen molar-refractivity contribution < 1.29 is 19.1 Å². The Kier molecular flexibility index (Phi) is 11.4. The van der Waals surface area contributed by atoms with Crippen molar-refractivity contribution in [3.63, 3.8) is 0 Å². The SMILES string of the molecule is N#CCCCOc1ccc(-c2c3nc(c(-c4ccncc4)c4ccc([nH]4)c(-c4ccc(OCCCN5C(=O)c6ccccc6C5=O)cc4)c4nc(c(-c5ccncc5)c5ccc2[nH]5)C=C4)C=C3)cc1. The van der Waals surface area contributed by atoms with E-state index in [1.165, 1.54) is 4.90 Å². The van der Waals surface area contributed by atoms with Crippen LogP contribution < -0.4 is 9.47 Å². The van der Waals surface area contributed by atoms with Crippen molar-refractivity contribution in [2.45, 2.75) is 19.3 Å². The van der Waals surface area contributed by atoms with Gasteiger partial charge in [-0.3, -0.25) is 24.5 Å². The van der Waals surface area contributed by atoms with Gasteiger partial charge in [0.2, 0.25) is 0 Å². The smallest absolute Gasteiger partial charge is 0.261 e. The van der Waals surface area contributed by atoms with Gasteiger partial charge in [-0.1, -0.05) is 36.4 Å². The number of ether oxygens (including phenoxy) is 2. The number of unbranched alkanes of at least 4 members (excludes halogenated alkanes) is 1. The number of benzene rings is 3. The van der Waals surface area contributed by atoms with E-state index in [2.05, 4.69) is 74.6 Å². The highest BCUT2D eigenvalue weighted by atomic mass is 16.5. The molecule has 0 unspecified atom stereocenters. The molecule has 0 spiro atoms. The zero-order valence-corrected chi connectivity index (χ0v) is 37.2. The number of hydrogen-bond donors (Lipinski definition) is 2. The summed E-state index contributed by atoms with van der Waals surface area (Å²) >= 11 is 0. The third kappa shape index (κ3) is 8.34. The maximum absolute atomic E-state index is 12.9. The molecule has 0 saturated carbocycles. The number of nitrogens with zero attached hydrogens (tertiary/aromatic N) is 6. The number of H-pyrrole nitrogens is 2. The summed E-state index contributed by atoms with van der Waals surface area (Å²) in [5.41, 5.74) is 14.8. The van der Waals surface area contributed by atoms with Crippen LogP contribution in [-0.2, 0) is 0 Å². The Morgan fingerprint density at radius 1 is 0.478 bits per heavy atom. The molecule has 0 fully saturated rings. The molecule has 8 heterocycles. The van der Waals surface area contributed by atoms with Gasteiger partial charge < -0.3 is 19.4 Å². The lowest BCUT2D eigenvalue weighted by Crippen LogP contribution is -2.31. The molecule has 0 radical (unpaired) electrons. The van der Waals surface area contributed by atoms with Gasteiger partial charge in [0.25, 0.3) is 11.8 Å². The molecule has 11 rings (SSSR count). The van der Waals surface area contributed by atoms with Gasteiger partial charge in [-0.05, 0) is 144 Å². The highest BCUT2D eigenvalue weighted by molar-refractivity contribution is 6.21. The number of nitrogens with one attached hydrogen (secondary N) is 2. The van der Waals surface area contributed by atoms with E-state index in [4.69, 9.17) is 24.7 Å². The first-order valence-corrected chi connectivity index (χ1v) is 22.8. The Balaban J connectivity index is 1.04. The molecule has 12 nitrogen and oxygen atoms in total. The second-order valence-corrected chi connectivity index (χ2v) is 16.6. The Morgan fingerprint density at radius 3 is 1.25 bits per heavy atom. The number of carbonyl (C=O) groups is 2. The quantitative estimate of drug-likeness (QED) is 0.0847. The molecule has 2 N–H and O–H groups in total. The van der Waals surface area contributed by atoms with E-state index in [9.17, 15) is 9.59 Å². The van der Waals surface area contributed by atoms with Crippen LogP contribution in [0.25, 0.3) is 90.9 Å². The van der Waals surface area contributed by atoms with E-state index in [0.29, 0.717) is 49.4 Å². The van der Waals surface area contributed by atoms with Gasteiger partial charge >= 0.3 is 0 Å². The summed E-state index contributed by atoms with van der Waals surface area (Å²) in [5.74, 6) is 0.850. The molecule has 3 aliphatic heterocycles. The molecule has 8 bridgehead atoms. The summed E-state index contributed by atoms with van der Waals surface area (Å²) in [6.45, 7) is 1.05. The Labute approximate surface area is 397 Å². The lowest BCUT2D eigenvalue weighted by Gasteiger charge is -2.14. The largest absolute Gasteiger partial charge is 0.494 e. The molecular weight excluding hydrogens is 861 g/mol. The summed E-state index contributed by atoms with van der Waals surface area (Å²) < 4.78 is 12.1. The van der Waals surface area contributed by atoms with Crippen LogP contribution in [0.4, 0.5) is 0 Å². The predicted molar refractivity (Wildman–Crippen MR) is 268 cm³/mol. The highest BCUT2D eigenvalue weighted by Gasteiger charge is 2.34. The fraction of sp³-hybridized carbons (Fsp3) is 0.105. The third-order valence-electron chi connectivity index (χ3n) is 12.4. The molecular formula is C57H42N8O4. The minimum Gasteiger partial charge on any atom is -0.494 e. The summed E-state index contributed by atoms with van der Waals surface area (Å²) in [4.78, 5) is 54.1. The van der Waals surface area contributed by atoms with Crippen LogP contribution in [0.1, 0.15) is 62.8 Å². The van der Waals surface area contributed by atoms with E-state index in [1.807, 2.05) is 72.8 Å². The van der Waals surface area contributed by atoms with Crippen LogP contribution >= 0.6 is 0 Å². The number of pyridine rings is 2. The lowest BCUT2D eigenvalue weighted by molar-refractivity contribution is 0.0646. The number of amides is 2. The fourth-order valence-electron chi connectivity index (χ4n) is 9.09. The first-order valence-electron chi connectivity index (χ1n) is 22.8. The van der Waals surface area contributed by atoms with Crippen LogP contribution in [0.2, 0.25) is 0 Å². The predicted octanol–water partition coefficient (Wildman–Crippen LogP) is 11.9. The van der Waals surface area contributed by atoms with Gasteiger partial charge in [0.15, 0.2) is 0 Å². The van der Waals surface area contributed by atoms with Gasteiger partial charge in [0.05, 0.1) is 53.2 Å². The molecule has 69 heavy (non-hydrogen) atoms. The van der Waals surface area contributed by atoms with Gasteiger partial charge in [-0.25, -0.2) is 9.97 Å². The summed E-state index contributed by atoms with van der Waals surface area (Å²) in [7, 11) is 0.